The molecule has 1 unspecified atom stereocenters. The molecule has 1 amide bonds. The van der Waals surface area contributed by atoms with Crippen molar-refractivity contribution in [2.75, 3.05) is 19.7 Å². The minimum absolute atomic E-state index is 0.290. The highest BCUT2D eigenvalue weighted by Gasteiger charge is 2.32. The molecule has 0 aromatic heterocycles. The summed E-state index contributed by atoms with van der Waals surface area (Å²) in [6, 6.07) is 0. The molecule has 3 heteroatoms. The Hall–Kier alpha value is -0.570. The number of amides is 1. The van der Waals surface area contributed by atoms with E-state index in [1.54, 1.807) is 0 Å². The smallest absolute Gasteiger partial charge is 0.225 e. The van der Waals surface area contributed by atoms with E-state index in [4.69, 9.17) is 4.74 Å². The molecule has 3 nitrogen and oxygen atoms in total. The summed E-state index contributed by atoms with van der Waals surface area (Å²) < 4.78 is 5.75. The number of carbonyl (C=O) groups excluding carboxylic acids is 1. The Kier molecular flexibility index (Phi) is 4.22. The molecule has 0 radical (unpaired) electrons. The Labute approximate surface area is 98.1 Å². The largest absolute Gasteiger partial charge is 0.376 e. The Morgan fingerprint density at radius 1 is 1.31 bits per heavy atom. The zero-order valence-corrected chi connectivity index (χ0v) is 10.3. The molecule has 2 aliphatic rings. The fourth-order valence-electron chi connectivity index (χ4n) is 2.47. The molecule has 1 atom stereocenters. The van der Waals surface area contributed by atoms with Crippen LogP contribution >= 0.6 is 0 Å². The minimum Gasteiger partial charge on any atom is -0.376 e. The third-order valence-electron chi connectivity index (χ3n) is 3.70. The summed E-state index contributed by atoms with van der Waals surface area (Å²) in [6.07, 6.45) is 7.03. The van der Waals surface area contributed by atoms with E-state index in [0.29, 0.717) is 11.8 Å². The van der Waals surface area contributed by atoms with Gasteiger partial charge in [0.15, 0.2) is 0 Å². The maximum atomic E-state index is 12.1. The number of rotatable bonds is 4. The Morgan fingerprint density at radius 2 is 2.12 bits per heavy atom. The lowest BCUT2D eigenvalue weighted by molar-refractivity contribution is -0.142. The van der Waals surface area contributed by atoms with Crippen molar-refractivity contribution in [1.29, 1.82) is 0 Å². The maximum absolute atomic E-state index is 12.1. The zero-order valence-electron chi connectivity index (χ0n) is 10.3. The number of hydrogen-bond donors (Lipinski definition) is 0. The van der Waals surface area contributed by atoms with Gasteiger partial charge in [0.25, 0.3) is 0 Å². The first-order chi connectivity index (χ1) is 7.81. The monoisotopic (exact) mass is 225 g/mol. The Morgan fingerprint density at radius 3 is 2.75 bits per heavy atom. The quantitative estimate of drug-likeness (QED) is 0.734. The molecule has 92 valence electrons. The normalized spacial score (nSPS) is 26.6. The molecule has 1 aliphatic carbocycles. The van der Waals surface area contributed by atoms with Crippen molar-refractivity contribution in [3.8, 4) is 0 Å². The molecule has 0 aromatic rings. The molecule has 1 saturated heterocycles. The summed E-state index contributed by atoms with van der Waals surface area (Å²) >= 11 is 0. The first-order valence-corrected chi connectivity index (χ1v) is 6.71. The van der Waals surface area contributed by atoms with E-state index in [-0.39, 0.29) is 6.10 Å². The summed E-state index contributed by atoms with van der Waals surface area (Å²) in [5.41, 5.74) is 0. The van der Waals surface area contributed by atoms with Crippen LogP contribution in [0.4, 0.5) is 0 Å². The van der Waals surface area contributed by atoms with Crippen LogP contribution in [0.2, 0.25) is 0 Å². The summed E-state index contributed by atoms with van der Waals surface area (Å²) in [7, 11) is 0. The van der Waals surface area contributed by atoms with E-state index in [1.807, 2.05) is 4.90 Å². The van der Waals surface area contributed by atoms with Gasteiger partial charge in [-0.3, -0.25) is 4.79 Å². The number of nitrogens with zero attached hydrogens (tertiary/aromatic N) is 1. The molecule has 16 heavy (non-hydrogen) atoms. The van der Waals surface area contributed by atoms with Gasteiger partial charge in [-0.25, -0.2) is 0 Å². The lowest BCUT2D eigenvalue weighted by atomic mass is 9.84. The van der Waals surface area contributed by atoms with Gasteiger partial charge in [-0.15, -0.1) is 0 Å². The maximum Gasteiger partial charge on any atom is 0.225 e. The van der Waals surface area contributed by atoms with Gasteiger partial charge in [0.1, 0.15) is 0 Å². The number of carbonyl (C=O) groups is 1. The lowest BCUT2D eigenvalue weighted by Crippen LogP contribution is -2.47. The molecule has 0 bridgehead atoms. The third-order valence-corrected chi connectivity index (χ3v) is 3.70. The topological polar surface area (TPSA) is 29.5 Å². The fraction of sp³-hybridized carbons (Fsp3) is 0.923. The van der Waals surface area contributed by atoms with Gasteiger partial charge < -0.3 is 9.64 Å². The first kappa shape index (κ1) is 11.9. The molecular formula is C13H23NO2. The van der Waals surface area contributed by atoms with E-state index >= 15 is 0 Å². The average Bonchev–Trinajstić information content (AvgIpc) is 2.24. The van der Waals surface area contributed by atoms with Gasteiger partial charge in [-0.05, 0) is 32.1 Å². The molecule has 0 spiro atoms. The summed E-state index contributed by atoms with van der Waals surface area (Å²) in [5, 5.41) is 0. The highest BCUT2D eigenvalue weighted by Crippen LogP contribution is 2.29. The molecule has 0 aromatic carbocycles. The fourth-order valence-corrected chi connectivity index (χ4v) is 2.47. The van der Waals surface area contributed by atoms with Crippen LogP contribution in [0.1, 0.15) is 45.4 Å². The van der Waals surface area contributed by atoms with E-state index in [2.05, 4.69) is 6.92 Å². The van der Waals surface area contributed by atoms with Crippen molar-refractivity contribution >= 4 is 5.91 Å². The first-order valence-electron chi connectivity index (χ1n) is 6.71. The van der Waals surface area contributed by atoms with Crippen molar-refractivity contribution in [3.05, 3.63) is 0 Å². The predicted molar refractivity (Wildman–Crippen MR) is 63.2 cm³/mol. The average molecular weight is 225 g/mol. The van der Waals surface area contributed by atoms with Gasteiger partial charge in [0.05, 0.1) is 6.10 Å². The number of ether oxygens (including phenoxy) is 1. The van der Waals surface area contributed by atoms with Gasteiger partial charge in [0, 0.05) is 25.6 Å². The SMILES string of the molecule is CCCOC1CCCN(C(=O)C2CCC2)C1. The highest BCUT2D eigenvalue weighted by atomic mass is 16.5. The molecule has 0 N–H and O–H groups in total. The molecule has 1 heterocycles. The van der Waals surface area contributed by atoms with Crippen LogP contribution in [0, 0.1) is 5.92 Å². The van der Waals surface area contributed by atoms with Crippen molar-refractivity contribution in [1.82, 2.24) is 4.90 Å². The minimum atomic E-state index is 0.290. The Balaban J connectivity index is 1.78. The van der Waals surface area contributed by atoms with E-state index in [0.717, 1.165) is 51.8 Å². The van der Waals surface area contributed by atoms with Crippen molar-refractivity contribution in [2.45, 2.75) is 51.6 Å². The second-order valence-corrected chi connectivity index (χ2v) is 5.05. The van der Waals surface area contributed by atoms with E-state index < -0.39 is 0 Å². The van der Waals surface area contributed by atoms with Gasteiger partial charge in [-0.2, -0.15) is 0 Å². The van der Waals surface area contributed by atoms with Crippen LogP contribution in [0.15, 0.2) is 0 Å². The molecule has 1 saturated carbocycles. The zero-order chi connectivity index (χ0) is 11.4. The second-order valence-electron chi connectivity index (χ2n) is 5.05. The summed E-state index contributed by atoms with van der Waals surface area (Å²) in [5.74, 6) is 0.723. The van der Waals surface area contributed by atoms with Crippen LogP contribution in [-0.2, 0) is 9.53 Å². The summed E-state index contributed by atoms with van der Waals surface area (Å²) in [4.78, 5) is 14.1. The molecular weight excluding hydrogens is 202 g/mol. The third kappa shape index (κ3) is 2.76. The van der Waals surface area contributed by atoms with Crippen molar-refractivity contribution in [2.24, 2.45) is 5.92 Å². The number of hydrogen-bond acceptors (Lipinski definition) is 2. The van der Waals surface area contributed by atoms with Gasteiger partial charge in [0.2, 0.25) is 5.91 Å². The number of likely N-dealkylation sites (tertiary alicyclic amines) is 1. The van der Waals surface area contributed by atoms with Crippen LogP contribution in [0.25, 0.3) is 0 Å². The van der Waals surface area contributed by atoms with Crippen molar-refractivity contribution in [3.63, 3.8) is 0 Å². The van der Waals surface area contributed by atoms with Crippen LogP contribution in [0.5, 0.6) is 0 Å². The number of piperidine rings is 1. The summed E-state index contributed by atoms with van der Waals surface area (Å²) in [6.45, 7) is 4.73. The van der Waals surface area contributed by atoms with Crippen LogP contribution in [0.3, 0.4) is 0 Å². The van der Waals surface area contributed by atoms with E-state index in [1.165, 1.54) is 6.42 Å². The molecule has 2 rings (SSSR count). The van der Waals surface area contributed by atoms with E-state index in [9.17, 15) is 4.79 Å². The molecule has 1 aliphatic heterocycles. The second kappa shape index (κ2) is 5.67. The van der Waals surface area contributed by atoms with Crippen LogP contribution in [-0.4, -0.2) is 36.6 Å². The van der Waals surface area contributed by atoms with Crippen molar-refractivity contribution < 1.29 is 9.53 Å². The standard InChI is InChI=1S/C13H23NO2/c1-2-9-16-12-7-4-8-14(10-12)13(15)11-5-3-6-11/h11-12H,2-10H2,1H3. The lowest BCUT2D eigenvalue weighted by Gasteiger charge is -2.37. The Bertz CT molecular complexity index is 238. The highest BCUT2D eigenvalue weighted by molar-refractivity contribution is 5.79. The van der Waals surface area contributed by atoms with Gasteiger partial charge in [-0.1, -0.05) is 13.3 Å². The van der Waals surface area contributed by atoms with Gasteiger partial charge >= 0.3 is 0 Å². The van der Waals surface area contributed by atoms with Crippen LogP contribution < -0.4 is 0 Å². The predicted octanol–water partition coefficient (Wildman–Crippen LogP) is 2.20. The molecule has 2 fully saturated rings.